The van der Waals surface area contributed by atoms with E-state index >= 15 is 0 Å². The van der Waals surface area contributed by atoms with Crippen molar-refractivity contribution in [1.82, 2.24) is 15.2 Å². The summed E-state index contributed by atoms with van der Waals surface area (Å²) < 4.78 is 2.16. The van der Waals surface area contributed by atoms with E-state index in [1.54, 1.807) is 0 Å². The number of rotatable bonds is 7. The van der Waals surface area contributed by atoms with Gasteiger partial charge in [0.15, 0.2) is 5.96 Å². The first-order chi connectivity index (χ1) is 12.3. The summed E-state index contributed by atoms with van der Waals surface area (Å²) in [5.74, 6) is 0.863. The maximum absolute atomic E-state index is 4.69. The molecule has 0 atom stereocenters. The molecule has 0 saturated heterocycles. The van der Waals surface area contributed by atoms with Gasteiger partial charge in [-0.25, -0.2) is 4.99 Å². The molecule has 1 aliphatic rings. The van der Waals surface area contributed by atoms with Gasteiger partial charge >= 0.3 is 0 Å². The van der Waals surface area contributed by atoms with Gasteiger partial charge in [0.25, 0.3) is 0 Å². The molecule has 0 bridgehead atoms. The van der Waals surface area contributed by atoms with E-state index in [1.807, 2.05) is 12.1 Å². The molecule has 0 amide bonds. The number of benzene rings is 1. The second-order valence-corrected chi connectivity index (χ2v) is 6.09. The Morgan fingerprint density at radius 2 is 1.73 bits per heavy atom. The van der Waals surface area contributed by atoms with Gasteiger partial charge in [-0.2, -0.15) is 0 Å². The van der Waals surface area contributed by atoms with E-state index in [9.17, 15) is 0 Å². The number of hydrogen-bond acceptors (Lipinski definition) is 2. The average Bonchev–Trinajstić information content (AvgIpc) is 3.34. The van der Waals surface area contributed by atoms with E-state index in [-0.39, 0.29) is 24.0 Å². The summed E-state index contributed by atoms with van der Waals surface area (Å²) in [7, 11) is 0. The number of aliphatic imine (C=N–C) groups is 1. The molecule has 2 aromatic rings. The molecule has 140 valence electrons. The van der Waals surface area contributed by atoms with Crippen molar-refractivity contribution in [2.75, 3.05) is 31.1 Å². The summed E-state index contributed by atoms with van der Waals surface area (Å²) in [5, 5.41) is 6.69. The van der Waals surface area contributed by atoms with Crippen molar-refractivity contribution in [3.63, 3.8) is 0 Å². The highest BCUT2D eigenvalue weighted by molar-refractivity contribution is 14.0. The first kappa shape index (κ1) is 20.4. The van der Waals surface area contributed by atoms with Crippen molar-refractivity contribution in [3.8, 4) is 0 Å². The molecule has 2 N–H and O–H groups in total. The molecule has 0 radical (unpaired) electrons. The molecule has 1 aliphatic heterocycles. The highest BCUT2D eigenvalue weighted by Gasteiger charge is 2.06. The van der Waals surface area contributed by atoms with E-state index in [0.29, 0.717) is 6.54 Å². The van der Waals surface area contributed by atoms with Gasteiger partial charge in [-0.15, -0.1) is 24.0 Å². The lowest BCUT2D eigenvalue weighted by Gasteiger charge is -2.17. The number of nitrogens with zero attached hydrogens (tertiary/aromatic N) is 3. The van der Waals surface area contributed by atoms with Crippen LogP contribution in [-0.2, 0) is 13.1 Å². The maximum atomic E-state index is 4.69. The third kappa shape index (κ3) is 6.09. The summed E-state index contributed by atoms with van der Waals surface area (Å²) >= 11 is 0. The zero-order valence-corrected chi connectivity index (χ0v) is 17.6. The lowest BCUT2D eigenvalue weighted by Crippen LogP contribution is -2.38. The van der Waals surface area contributed by atoms with E-state index in [0.717, 1.165) is 38.7 Å². The first-order valence-electron chi connectivity index (χ1n) is 8.97. The fourth-order valence-electron chi connectivity index (χ4n) is 2.84. The molecule has 6 heteroatoms. The quantitative estimate of drug-likeness (QED) is 0.286. The summed E-state index contributed by atoms with van der Waals surface area (Å²) in [6.45, 7) is 7.41. The fraction of sp³-hybridized carbons (Fsp3) is 0.350. The molecule has 5 nitrogen and oxygen atoms in total. The predicted octanol–water partition coefficient (Wildman–Crippen LogP) is 3.24. The minimum absolute atomic E-state index is 0. The molecule has 2 heterocycles. The van der Waals surface area contributed by atoms with Crippen LogP contribution in [0.5, 0.6) is 0 Å². The van der Waals surface area contributed by atoms with Crippen LogP contribution in [0.15, 0.2) is 65.9 Å². The highest BCUT2D eigenvalue weighted by Crippen LogP contribution is 2.17. The second kappa shape index (κ2) is 10.9. The highest BCUT2D eigenvalue weighted by atomic mass is 127. The summed E-state index contributed by atoms with van der Waals surface area (Å²) in [6.07, 6.45) is 8.56. The summed E-state index contributed by atoms with van der Waals surface area (Å²) in [6, 6.07) is 12.8. The number of nitrogens with one attached hydrogen (secondary N) is 2. The fourth-order valence-corrected chi connectivity index (χ4v) is 2.84. The number of halogens is 1. The lowest BCUT2D eigenvalue weighted by molar-refractivity contribution is 0.666. The lowest BCUT2D eigenvalue weighted by atomic mass is 10.2. The first-order valence-corrected chi connectivity index (χ1v) is 8.97. The van der Waals surface area contributed by atoms with Gasteiger partial charge in [-0.05, 0) is 36.8 Å². The molecule has 3 rings (SSSR count). The Kier molecular flexibility index (Phi) is 8.53. The number of guanidine groups is 1. The molecule has 0 unspecified atom stereocenters. The molecule has 0 spiro atoms. The molecule has 0 fully saturated rings. The van der Waals surface area contributed by atoms with Crippen molar-refractivity contribution < 1.29 is 0 Å². The SMILES string of the molecule is CCNC(=NCc1ccc(N2CC=CC2)cc1)NCCn1cccc1.I. The predicted molar refractivity (Wildman–Crippen MR) is 120 cm³/mol. The minimum atomic E-state index is 0. The van der Waals surface area contributed by atoms with Crippen LogP contribution < -0.4 is 15.5 Å². The van der Waals surface area contributed by atoms with Gasteiger partial charge in [0.2, 0.25) is 0 Å². The standard InChI is InChI=1S/C20H27N5.HI/c1-2-21-20(22-11-16-24-12-3-4-13-24)23-17-18-7-9-19(10-8-18)25-14-5-6-15-25;/h3-10,12-13H,2,11,14-17H2,1H3,(H2,21,22,23);1H. The van der Waals surface area contributed by atoms with Crippen molar-refractivity contribution in [2.24, 2.45) is 4.99 Å². The van der Waals surface area contributed by atoms with Gasteiger partial charge in [0.05, 0.1) is 6.54 Å². The second-order valence-electron chi connectivity index (χ2n) is 6.09. The van der Waals surface area contributed by atoms with Gasteiger partial charge in [-0.1, -0.05) is 24.3 Å². The zero-order chi connectivity index (χ0) is 17.3. The monoisotopic (exact) mass is 465 g/mol. The Morgan fingerprint density at radius 3 is 2.38 bits per heavy atom. The Hall–Kier alpha value is -1.96. The third-order valence-corrected chi connectivity index (χ3v) is 4.21. The molecule has 0 saturated carbocycles. The van der Waals surface area contributed by atoms with Gasteiger partial charge in [0, 0.05) is 50.8 Å². The largest absolute Gasteiger partial charge is 0.364 e. The van der Waals surface area contributed by atoms with E-state index in [1.165, 1.54) is 11.3 Å². The molecule has 0 aliphatic carbocycles. The molecule has 1 aromatic heterocycles. The number of anilines is 1. The van der Waals surface area contributed by atoms with Crippen LogP contribution in [0, 0.1) is 0 Å². The van der Waals surface area contributed by atoms with Crippen molar-refractivity contribution in [1.29, 1.82) is 0 Å². The van der Waals surface area contributed by atoms with Crippen LogP contribution in [-0.4, -0.2) is 36.7 Å². The Bertz CT molecular complexity index is 684. The summed E-state index contributed by atoms with van der Waals surface area (Å²) in [5.41, 5.74) is 2.49. The van der Waals surface area contributed by atoms with Gasteiger partial charge < -0.3 is 20.1 Å². The van der Waals surface area contributed by atoms with Crippen molar-refractivity contribution in [3.05, 3.63) is 66.5 Å². The third-order valence-electron chi connectivity index (χ3n) is 4.21. The van der Waals surface area contributed by atoms with Gasteiger partial charge in [0.1, 0.15) is 0 Å². The molecular formula is C20H28IN5. The zero-order valence-electron chi connectivity index (χ0n) is 15.3. The van der Waals surface area contributed by atoms with Crippen LogP contribution >= 0.6 is 24.0 Å². The normalized spacial score (nSPS) is 13.6. The maximum Gasteiger partial charge on any atom is 0.191 e. The average molecular weight is 465 g/mol. The van der Waals surface area contributed by atoms with Crippen molar-refractivity contribution >= 4 is 35.6 Å². The van der Waals surface area contributed by atoms with Crippen molar-refractivity contribution in [2.45, 2.75) is 20.0 Å². The van der Waals surface area contributed by atoms with Crippen LogP contribution in [0.2, 0.25) is 0 Å². The summed E-state index contributed by atoms with van der Waals surface area (Å²) in [4.78, 5) is 7.04. The van der Waals surface area contributed by atoms with E-state index in [4.69, 9.17) is 0 Å². The Labute approximate surface area is 173 Å². The topological polar surface area (TPSA) is 44.6 Å². The van der Waals surface area contributed by atoms with Crippen LogP contribution in [0.3, 0.4) is 0 Å². The van der Waals surface area contributed by atoms with E-state index in [2.05, 4.69) is 80.8 Å². The Balaban J connectivity index is 0.00000243. The van der Waals surface area contributed by atoms with Crippen LogP contribution in [0.25, 0.3) is 0 Å². The Morgan fingerprint density at radius 1 is 1.04 bits per heavy atom. The smallest absolute Gasteiger partial charge is 0.191 e. The minimum Gasteiger partial charge on any atom is -0.364 e. The van der Waals surface area contributed by atoms with Crippen LogP contribution in [0.1, 0.15) is 12.5 Å². The van der Waals surface area contributed by atoms with Crippen LogP contribution in [0.4, 0.5) is 5.69 Å². The van der Waals surface area contributed by atoms with Gasteiger partial charge in [-0.3, -0.25) is 0 Å². The number of hydrogen-bond donors (Lipinski definition) is 2. The molecular weight excluding hydrogens is 437 g/mol. The number of aromatic nitrogens is 1. The van der Waals surface area contributed by atoms with E-state index < -0.39 is 0 Å². The molecule has 1 aromatic carbocycles. The molecule has 26 heavy (non-hydrogen) atoms.